The van der Waals surface area contributed by atoms with Crippen molar-refractivity contribution in [3.8, 4) is 0 Å². The first kappa shape index (κ1) is 14.8. The predicted molar refractivity (Wildman–Crippen MR) is 70.5 cm³/mol. The number of aromatic nitrogens is 2. The quantitative estimate of drug-likeness (QED) is 0.738. The second-order valence-electron chi connectivity index (χ2n) is 4.97. The number of hydrogen-bond acceptors (Lipinski definition) is 5. The summed E-state index contributed by atoms with van der Waals surface area (Å²) in [6, 6.07) is 0. The van der Waals surface area contributed by atoms with Crippen molar-refractivity contribution in [3.63, 3.8) is 0 Å². The van der Waals surface area contributed by atoms with Crippen molar-refractivity contribution >= 4 is 23.5 Å². The minimum atomic E-state index is -0.651. The van der Waals surface area contributed by atoms with E-state index in [2.05, 4.69) is 15.7 Å². The zero-order chi connectivity index (χ0) is 14.6. The highest BCUT2D eigenvalue weighted by molar-refractivity contribution is 5.95. The maximum Gasteiger partial charge on any atom is 0.408 e. The van der Waals surface area contributed by atoms with Crippen LogP contribution in [0.4, 0.5) is 16.3 Å². The van der Waals surface area contributed by atoms with Gasteiger partial charge in [-0.05, 0) is 20.8 Å². The molecule has 0 bridgehead atoms. The number of nitrogens with two attached hydrogens (primary N) is 1. The van der Waals surface area contributed by atoms with Crippen molar-refractivity contribution in [2.75, 3.05) is 17.6 Å². The summed E-state index contributed by atoms with van der Waals surface area (Å²) in [5.41, 5.74) is 5.46. The summed E-state index contributed by atoms with van der Waals surface area (Å²) in [5, 5.41) is 8.75. The molecule has 8 heteroatoms. The molecule has 1 aromatic heterocycles. The Kier molecular flexibility index (Phi) is 4.36. The van der Waals surface area contributed by atoms with Crippen LogP contribution in [-0.2, 0) is 16.6 Å². The molecule has 0 fully saturated rings. The van der Waals surface area contributed by atoms with Crippen LogP contribution in [0.1, 0.15) is 20.8 Å². The van der Waals surface area contributed by atoms with Gasteiger partial charge in [-0.15, -0.1) is 0 Å². The van der Waals surface area contributed by atoms with E-state index in [0.29, 0.717) is 11.5 Å². The van der Waals surface area contributed by atoms with Gasteiger partial charge in [-0.3, -0.25) is 9.48 Å². The zero-order valence-corrected chi connectivity index (χ0v) is 11.5. The van der Waals surface area contributed by atoms with Gasteiger partial charge in [0.2, 0.25) is 5.91 Å². The highest BCUT2D eigenvalue weighted by Crippen LogP contribution is 2.15. The molecule has 0 saturated carbocycles. The summed E-state index contributed by atoms with van der Waals surface area (Å²) in [7, 11) is 1.66. The van der Waals surface area contributed by atoms with Gasteiger partial charge in [0.15, 0.2) is 0 Å². The molecular formula is C11H19N5O3. The molecule has 1 heterocycles. The lowest BCUT2D eigenvalue weighted by atomic mass is 10.2. The highest BCUT2D eigenvalue weighted by atomic mass is 16.6. The van der Waals surface area contributed by atoms with Crippen LogP contribution in [0.2, 0.25) is 0 Å². The average molecular weight is 269 g/mol. The van der Waals surface area contributed by atoms with E-state index >= 15 is 0 Å². The second kappa shape index (κ2) is 5.59. The third-order valence-corrected chi connectivity index (χ3v) is 2.05. The van der Waals surface area contributed by atoms with E-state index < -0.39 is 17.6 Å². The second-order valence-corrected chi connectivity index (χ2v) is 4.97. The van der Waals surface area contributed by atoms with Gasteiger partial charge in [0.05, 0.1) is 6.20 Å². The number of nitrogen functional groups attached to an aromatic ring is 1. The normalized spacial score (nSPS) is 10.9. The van der Waals surface area contributed by atoms with Gasteiger partial charge in [0, 0.05) is 7.05 Å². The Hall–Kier alpha value is -2.25. The van der Waals surface area contributed by atoms with E-state index in [9.17, 15) is 9.59 Å². The third kappa shape index (κ3) is 4.86. The van der Waals surface area contributed by atoms with Gasteiger partial charge in [0.1, 0.15) is 23.7 Å². The van der Waals surface area contributed by atoms with Gasteiger partial charge in [-0.2, -0.15) is 5.10 Å². The maximum atomic E-state index is 11.6. The molecule has 0 aliphatic heterocycles. The number of aryl methyl sites for hydroxylation is 1. The van der Waals surface area contributed by atoms with Gasteiger partial charge in [-0.1, -0.05) is 0 Å². The number of ether oxygens (including phenoxy) is 1. The molecule has 4 N–H and O–H groups in total. The molecule has 0 spiro atoms. The lowest BCUT2D eigenvalue weighted by molar-refractivity contribution is -0.115. The van der Waals surface area contributed by atoms with Crippen molar-refractivity contribution < 1.29 is 14.3 Å². The number of alkyl carbamates (subject to hydrolysis) is 1. The summed E-state index contributed by atoms with van der Waals surface area (Å²) < 4.78 is 6.42. The number of amides is 2. The molecule has 0 aromatic carbocycles. The highest BCUT2D eigenvalue weighted by Gasteiger charge is 2.17. The van der Waals surface area contributed by atoms with E-state index in [1.54, 1.807) is 27.8 Å². The number of nitrogens with zero attached hydrogens (tertiary/aromatic N) is 2. The lowest BCUT2D eigenvalue weighted by Crippen LogP contribution is -2.37. The molecule has 0 aliphatic rings. The monoisotopic (exact) mass is 269 g/mol. The molecule has 0 unspecified atom stereocenters. The van der Waals surface area contributed by atoms with Crippen molar-refractivity contribution in [3.05, 3.63) is 6.20 Å². The van der Waals surface area contributed by atoms with Crippen molar-refractivity contribution in [2.45, 2.75) is 26.4 Å². The fourth-order valence-electron chi connectivity index (χ4n) is 1.20. The maximum absolute atomic E-state index is 11.6. The molecule has 2 amide bonds. The van der Waals surface area contributed by atoms with E-state index in [1.165, 1.54) is 10.9 Å². The molecule has 106 valence electrons. The Bertz CT molecular complexity index is 475. The largest absolute Gasteiger partial charge is 0.444 e. The van der Waals surface area contributed by atoms with Crippen LogP contribution in [0.25, 0.3) is 0 Å². The molecule has 1 aromatic rings. The number of anilines is 2. The Morgan fingerprint density at radius 1 is 1.47 bits per heavy atom. The number of carbonyl (C=O) groups excluding carboxylic acids is 2. The fourth-order valence-corrected chi connectivity index (χ4v) is 1.20. The average Bonchev–Trinajstić information content (AvgIpc) is 2.56. The Morgan fingerprint density at radius 3 is 2.58 bits per heavy atom. The minimum absolute atomic E-state index is 0.205. The number of carbonyl (C=O) groups is 2. The number of nitrogens with one attached hydrogen (secondary N) is 2. The van der Waals surface area contributed by atoms with Crippen molar-refractivity contribution in [1.29, 1.82) is 0 Å². The first-order valence-corrected chi connectivity index (χ1v) is 5.73. The lowest BCUT2D eigenvalue weighted by Gasteiger charge is -2.19. The Morgan fingerprint density at radius 2 is 2.11 bits per heavy atom. The number of hydrogen-bond donors (Lipinski definition) is 3. The molecule has 0 radical (unpaired) electrons. The summed E-state index contributed by atoms with van der Waals surface area (Å²) >= 11 is 0. The summed E-state index contributed by atoms with van der Waals surface area (Å²) in [6.45, 7) is 5.01. The van der Waals surface area contributed by atoms with Crippen molar-refractivity contribution in [1.82, 2.24) is 15.1 Å². The molecule has 19 heavy (non-hydrogen) atoms. The van der Waals surface area contributed by atoms with Crippen LogP contribution >= 0.6 is 0 Å². The SMILES string of the molecule is Cn1ncc(NC(=O)CNC(=O)OC(C)(C)C)c1N. The first-order chi connectivity index (χ1) is 8.69. The van der Waals surface area contributed by atoms with E-state index in [-0.39, 0.29) is 6.54 Å². The number of rotatable bonds is 3. The standard InChI is InChI=1S/C11H19N5O3/c1-11(2,3)19-10(18)13-6-8(17)15-7-5-14-16(4)9(7)12/h5H,6,12H2,1-4H3,(H,13,18)(H,15,17). The first-order valence-electron chi connectivity index (χ1n) is 5.73. The van der Waals surface area contributed by atoms with Crippen LogP contribution in [0.15, 0.2) is 6.20 Å². The van der Waals surface area contributed by atoms with Gasteiger partial charge < -0.3 is 21.1 Å². The molecule has 0 atom stereocenters. The van der Waals surface area contributed by atoms with Crippen LogP contribution in [0.3, 0.4) is 0 Å². The van der Waals surface area contributed by atoms with Gasteiger partial charge >= 0.3 is 6.09 Å². The van der Waals surface area contributed by atoms with Gasteiger partial charge in [0.25, 0.3) is 0 Å². The fraction of sp³-hybridized carbons (Fsp3) is 0.545. The van der Waals surface area contributed by atoms with Crippen LogP contribution < -0.4 is 16.4 Å². The topological polar surface area (TPSA) is 111 Å². The summed E-state index contributed by atoms with van der Waals surface area (Å²) in [4.78, 5) is 22.9. The molecule has 0 saturated heterocycles. The zero-order valence-electron chi connectivity index (χ0n) is 11.5. The van der Waals surface area contributed by atoms with Crippen LogP contribution in [-0.4, -0.2) is 33.9 Å². The Labute approximate surface area is 111 Å². The minimum Gasteiger partial charge on any atom is -0.444 e. The molecule has 8 nitrogen and oxygen atoms in total. The van der Waals surface area contributed by atoms with Crippen LogP contribution in [0, 0.1) is 0 Å². The molecule has 1 rings (SSSR count). The summed E-state index contributed by atoms with van der Waals surface area (Å²) in [5.74, 6) is -0.0730. The summed E-state index contributed by atoms with van der Waals surface area (Å²) in [6.07, 6.45) is 0.780. The van der Waals surface area contributed by atoms with E-state index in [1.807, 2.05) is 0 Å². The predicted octanol–water partition coefficient (Wildman–Crippen LogP) is 0.466. The van der Waals surface area contributed by atoms with E-state index in [4.69, 9.17) is 10.5 Å². The molecule has 0 aliphatic carbocycles. The van der Waals surface area contributed by atoms with Gasteiger partial charge in [-0.25, -0.2) is 4.79 Å². The molecular weight excluding hydrogens is 250 g/mol. The van der Waals surface area contributed by atoms with E-state index in [0.717, 1.165) is 0 Å². The smallest absolute Gasteiger partial charge is 0.408 e. The Balaban J connectivity index is 2.40. The van der Waals surface area contributed by atoms with Crippen molar-refractivity contribution in [2.24, 2.45) is 7.05 Å². The third-order valence-electron chi connectivity index (χ3n) is 2.05. The van der Waals surface area contributed by atoms with Crippen LogP contribution in [0.5, 0.6) is 0 Å².